The molecule has 28 heavy (non-hydrogen) atoms. The molecule has 1 aromatic carbocycles. The molecule has 2 heterocycles. The van der Waals surface area contributed by atoms with Gasteiger partial charge in [-0.05, 0) is 36.2 Å². The van der Waals surface area contributed by atoms with Crippen molar-refractivity contribution in [3.8, 4) is 11.5 Å². The number of hydrogen-bond donors (Lipinski definition) is 1. The summed E-state index contributed by atoms with van der Waals surface area (Å²) in [6.45, 7) is 4.75. The number of aromatic nitrogens is 1. The second-order valence-electron chi connectivity index (χ2n) is 6.42. The monoisotopic (exact) mass is 407 g/mol. The van der Waals surface area contributed by atoms with E-state index >= 15 is 0 Å². The molecule has 0 bridgehead atoms. The Morgan fingerprint density at radius 2 is 1.82 bits per heavy atom. The molecule has 1 N–H and O–H groups in total. The van der Waals surface area contributed by atoms with Gasteiger partial charge < -0.3 is 19.1 Å². The minimum Gasteiger partial charge on any atom is -0.493 e. The third-order valence-electron chi connectivity index (χ3n) is 4.58. The zero-order valence-electron chi connectivity index (χ0n) is 16.3. The molecule has 1 aliphatic rings. The molecule has 1 fully saturated rings. The van der Waals surface area contributed by atoms with E-state index in [1.165, 1.54) is 20.3 Å². The van der Waals surface area contributed by atoms with Crippen LogP contribution in [0.4, 0.5) is 5.82 Å². The Bertz CT molecular complexity index is 927. The van der Waals surface area contributed by atoms with Gasteiger partial charge in [0.05, 0.1) is 32.3 Å². The fourth-order valence-electron chi connectivity index (χ4n) is 3.04. The largest absolute Gasteiger partial charge is 0.493 e. The lowest BCUT2D eigenvalue weighted by molar-refractivity contribution is 0.122. The molecule has 3 rings (SSSR count). The molecule has 0 aliphatic carbocycles. The summed E-state index contributed by atoms with van der Waals surface area (Å²) in [5.74, 6) is 1.68. The lowest BCUT2D eigenvalue weighted by atomic mass is 10.2. The van der Waals surface area contributed by atoms with Crippen molar-refractivity contribution >= 4 is 15.8 Å². The van der Waals surface area contributed by atoms with Crippen LogP contribution in [0.5, 0.6) is 11.5 Å². The molecule has 0 spiro atoms. The van der Waals surface area contributed by atoms with Gasteiger partial charge in [0, 0.05) is 31.9 Å². The Balaban J connectivity index is 1.77. The standard InChI is InChI=1S/C19H25N3O5S/c1-14-10-16(25-2)17(26-3)12-18(14)28(23,24)21-13-15-4-5-20-19(11-15)22-6-8-27-9-7-22/h4-5,10-12,21H,6-9,13H2,1-3H3. The van der Waals surface area contributed by atoms with E-state index in [-0.39, 0.29) is 11.4 Å². The number of anilines is 1. The fourth-order valence-corrected chi connectivity index (χ4v) is 4.30. The van der Waals surface area contributed by atoms with Crippen LogP contribution in [-0.4, -0.2) is 53.9 Å². The average Bonchev–Trinajstić information content (AvgIpc) is 2.72. The summed E-state index contributed by atoms with van der Waals surface area (Å²) in [6.07, 6.45) is 1.69. The molecule has 0 atom stereocenters. The first-order chi connectivity index (χ1) is 13.4. The first-order valence-electron chi connectivity index (χ1n) is 8.94. The van der Waals surface area contributed by atoms with Crippen molar-refractivity contribution in [2.24, 2.45) is 0 Å². The van der Waals surface area contributed by atoms with Gasteiger partial charge in [0.1, 0.15) is 5.82 Å². The van der Waals surface area contributed by atoms with Crippen molar-refractivity contribution in [3.63, 3.8) is 0 Å². The SMILES string of the molecule is COc1cc(C)c(S(=O)(=O)NCc2ccnc(N3CCOCC3)c2)cc1OC. The van der Waals surface area contributed by atoms with Crippen molar-refractivity contribution in [3.05, 3.63) is 41.6 Å². The van der Waals surface area contributed by atoms with Crippen LogP contribution in [0.15, 0.2) is 35.4 Å². The van der Waals surface area contributed by atoms with E-state index in [4.69, 9.17) is 14.2 Å². The van der Waals surface area contributed by atoms with E-state index in [1.54, 1.807) is 25.3 Å². The molecule has 0 radical (unpaired) electrons. The highest BCUT2D eigenvalue weighted by Crippen LogP contribution is 2.32. The molecule has 2 aromatic rings. The Labute approximate surface area is 165 Å². The third-order valence-corrected chi connectivity index (χ3v) is 6.13. The summed E-state index contributed by atoms with van der Waals surface area (Å²) in [4.78, 5) is 6.67. The van der Waals surface area contributed by atoms with Crippen molar-refractivity contribution in [2.75, 3.05) is 45.4 Å². The number of sulfonamides is 1. The molecule has 1 aromatic heterocycles. The Hall–Kier alpha value is -2.36. The number of pyridine rings is 1. The van der Waals surface area contributed by atoms with E-state index in [1.807, 2.05) is 6.07 Å². The molecule has 9 heteroatoms. The van der Waals surface area contributed by atoms with Crippen LogP contribution in [-0.2, 0) is 21.3 Å². The predicted molar refractivity (Wildman–Crippen MR) is 106 cm³/mol. The van der Waals surface area contributed by atoms with Crippen LogP contribution in [0.25, 0.3) is 0 Å². The average molecular weight is 407 g/mol. The number of hydrogen-bond acceptors (Lipinski definition) is 7. The van der Waals surface area contributed by atoms with Gasteiger partial charge in [-0.25, -0.2) is 18.1 Å². The second-order valence-corrected chi connectivity index (χ2v) is 8.15. The summed E-state index contributed by atoms with van der Waals surface area (Å²) in [5, 5.41) is 0. The number of nitrogens with one attached hydrogen (secondary N) is 1. The van der Waals surface area contributed by atoms with Crippen LogP contribution >= 0.6 is 0 Å². The van der Waals surface area contributed by atoms with Crippen LogP contribution in [0.3, 0.4) is 0 Å². The van der Waals surface area contributed by atoms with Gasteiger partial charge in [-0.1, -0.05) is 0 Å². The molecular formula is C19H25N3O5S. The lowest BCUT2D eigenvalue weighted by Gasteiger charge is -2.28. The maximum Gasteiger partial charge on any atom is 0.241 e. The molecular weight excluding hydrogens is 382 g/mol. The molecule has 0 unspecified atom stereocenters. The molecule has 0 amide bonds. The van der Waals surface area contributed by atoms with E-state index in [9.17, 15) is 8.42 Å². The maximum atomic E-state index is 12.8. The smallest absolute Gasteiger partial charge is 0.241 e. The summed E-state index contributed by atoms with van der Waals surface area (Å²) < 4.78 is 44.1. The Morgan fingerprint density at radius 3 is 2.50 bits per heavy atom. The minimum atomic E-state index is -3.72. The third kappa shape index (κ3) is 4.54. The predicted octanol–water partition coefficient (Wildman–Crippen LogP) is 1.72. The number of morpholine rings is 1. The number of rotatable bonds is 7. The zero-order chi connectivity index (χ0) is 20.1. The number of nitrogens with zero attached hydrogens (tertiary/aromatic N) is 2. The van der Waals surface area contributed by atoms with Crippen molar-refractivity contribution in [1.29, 1.82) is 0 Å². The first kappa shape index (κ1) is 20.4. The number of aryl methyl sites for hydroxylation is 1. The minimum absolute atomic E-state index is 0.160. The van der Waals surface area contributed by atoms with E-state index in [2.05, 4.69) is 14.6 Å². The number of benzene rings is 1. The van der Waals surface area contributed by atoms with E-state index in [0.29, 0.717) is 30.3 Å². The van der Waals surface area contributed by atoms with Crippen LogP contribution in [0.2, 0.25) is 0 Å². The molecule has 1 aliphatic heterocycles. The van der Waals surface area contributed by atoms with Gasteiger partial charge in [0.25, 0.3) is 0 Å². The highest BCUT2D eigenvalue weighted by molar-refractivity contribution is 7.89. The van der Waals surface area contributed by atoms with Crippen molar-refractivity contribution in [2.45, 2.75) is 18.4 Å². The van der Waals surface area contributed by atoms with Crippen molar-refractivity contribution < 1.29 is 22.6 Å². The van der Waals surface area contributed by atoms with Gasteiger partial charge in [-0.15, -0.1) is 0 Å². The number of ether oxygens (including phenoxy) is 3. The zero-order valence-corrected chi connectivity index (χ0v) is 17.1. The van der Waals surface area contributed by atoms with E-state index < -0.39 is 10.0 Å². The molecule has 8 nitrogen and oxygen atoms in total. The molecule has 0 saturated carbocycles. The quantitative estimate of drug-likeness (QED) is 0.747. The molecule has 1 saturated heterocycles. The summed E-state index contributed by atoms with van der Waals surface area (Å²) in [5.41, 5.74) is 1.41. The highest BCUT2D eigenvalue weighted by atomic mass is 32.2. The fraction of sp³-hybridized carbons (Fsp3) is 0.421. The topological polar surface area (TPSA) is 90.0 Å². The van der Waals surface area contributed by atoms with E-state index in [0.717, 1.165) is 24.5 Å². The highest BCUT2D eigenvalue weighted by Gasteiger charge is 2.20. The normalized spacial score (nSPS) is 14.8. The summed E-state index contributed by atoms with van der Waals surface area (Å²) in [7, 11) is -0.738. The number of methoxy groups -OCH3 is 2. The molecule has 152 valence electrons. The lowest BCUT2D eigenvalue weighted by Crippen LogP contribution is -2.36. The van der Waals surface area contributed by atoms with Gasteiger partial charge in [-0.3, -0.25) is 0 Å². The summed E-state index contributed by atoms with van der Waals surface area (Å²) >= 11 is 0. The first-order valence-corrected chi connectivity index (χ1v) is 10.4. The Kier molecular flexibility index (Phi) is 6.38. The van der Waals surface area contributed by atoms with Gasteiger partial charge in [-0.2, -0.15) is 0 Å². The second kappa shape index (κ2) is 8.76. The van der Waals surface area contributed by atoms with Crippen LogP contribution < -0.4 is 19.1 Å². The van der Waals surface area contributed by atoms with Crippen LogP contribution in [0.1, 0.15) is 11.1 Å². The van der Waals surface area contributed by atoms with Gasteiger partial charge in [0.2, 0.25) is 10.0 Å². The van der Waals surface area contributed by atoms with Crippen LogP contribution in [0, 0.1) is 6.92 Å². The Morgan fingerprint density at radius 1 is 1.14 bits per heavy atom. The van der Waals surface area contributed by atoms with Crippen molar-refractivity contribution in [1.82, 2.24) is 9.71 Å². The summed E-state index contributed by atoms with van der Waals surface area (Å²) in [6, 6.07) is 6.82. The maximum absolute atomic E-state index is 12.8. The van der Waals surface area contributed by atoms with Gasteiger partial charge in [0.15, 0.2) is 11.5 Å². The van der Waals surface area contributed by atoms with Gasteiger partial charge >= 0.3 is 0 Å².